The van der Waals surface area contributed by atoms with Gasteiger partial charge in [0.25, 0.3) is 0 Å². The Hall–Kier alpha value is -1.56. The SMILES string of the molecule is O[C@]1(CN2CCCCC2)CCN(Cc2ccc3cc(F)ccc3n2)C1. The van der Waals surface area contributed by atoms with E-state index in [1.165, 1.54) is 31.4 Å². The van der Waals surface area contributed by atoms with Crippen LogP contribution in [0.1, 0.15) is 31.4 Å². The smallest absolute Gasteiger partial charge is 0.123 e. The van der Waals surface area contributed by atoms with Crippen LogP contribution in [0.5, 0.6) is 0 Å². The Morgan fingerprint density at radius 2 is 1.88 bits per heavy atom. The highest BCUT2D eigenvalue weighted by Gasteiger charge is 2.37. The number of pyridine rings is 1. The second-order valence-electron chi connectivity index (χ2n) is 7.66. The van der Waals surface area contributed by atoms with Gasteiger partial charge in [0.1, 0.15) is 5.82 Å². The molecule has 2 fully saturated rings. The Bertz CT molecular complexity index is 747. The number of aliphatic hydroxyl groups is 1. The average molecular weight is 343 g/mol. The van der Waals surface area contributed by atoms with Crippen LogP contribution in [-0.4, -0.2) is 58.2 Å². The first-order chi connectivity index (χ1) is 12.1. The zero-order chi connectivity index (χ0) is 17.3. The van der Waals surface area contributed by atoms with E-state index < -0.39 is 5.60 Å². The van der Waals surface area contributed by atoms with Crippen LogP contribution in [0.4, 0.5) is 4.39 Å². The van der Waals surface area contributed by atoms with Gasteiger partial charge in [0.05, 0.1) is 16.8 Å². The maximum Gasteiger partial charge on any atom is 0.123 e. The lowest BCUT2D eigenvalue weighted by molar-refractivity contribution is 0.00628. The Kier molecular flexibility index (Phi) is 4.71. The summed E-state index contributed by atoms with van der Waals surface area (Å²) in [7, 11) is 0. The van der Waals surface area contributed by atoms with E-state index in [4.69, 9.17) is 0 Å². The number of fused-ring (bicyclic) bond motifs is 1. The monoisotopic (exact) mass is 343 g/mol. The van der Waals surface area contributed by atoms with E-state index in [0.717, 1.165) is 55.7 Å². The molecule has 0 aliphatic carbocycles. The van der Waals surface area contributed by atoms with Gasteiger partial charge in [-0.3, -0.25) is 9.88 Å². The first-order valence-corrected chi connectivity index (χ1v) is 9.32. The lowest BCUT2D eigenvalue weighted by atomic mass is 10.0. The van der Waals surface area contributed by atoms with E-state index in [2.05, 4.69) is 14.8 Å². The van der Waals surface area contributed by atoms with Gasteiger partial charge < -0.3 is 10.0 Å². The van der Waals surface area contributed by atoms with Gasteiger partial charge in [0, 0.05) is 31.6 Å². The van der Waals surface area contributed by atoms with E-state index in [0.29, 0.717) is 6.54 Å². The molecule has 134 valence electrons. The molecule has 2 saturated heterocycles. The van der Waals surface area contributed by atoms with Crippen molar-refractivity contribution in [2.45, 2.75) is 37.8 Å². The van der Waals surface area contributed by atoms with Gasteiger partial charge in [-0.2, -0.15) is 0 Å². The number of rotatable bonds is 4. The van der Waals surface area contributed by atoms with Crippen LogP contribution < -0.4 is 0 Å². The normalized spacial score (nSPS) is 25.7. The van der Waals surface area contributed by atoms with E-state index in [9.17, 15) is 9.50 Å². The van der Waals surface area contributed by atoms with E-state index >= 15 is 0 Å². The van der Waals surface area contributed by atoms with Crippen molar-refractivity contribution >= 4 is 10.9 Å². The lowest BCUT2D eigenvalue weighted by Crippen LogP contribution is -2.46. The molecular formula is C20H26FN3O. The molecule has 4 rings (SSSR count). The van der Waals surface area contributed by atoms with Crippen molar-refractivity contribution in [2.24, 2.45) is 0 Å². The average Bonchev–Trinajstić information content (AvgIpc) is 2.96. The van der Waals surface area contributed by atoms with E-state index in [1.54, 1.807) is 6.07 Å². The third-order valence-electron chi connectivity index (χ3n) is 5.47. The largest absolute Gasteiger partial charge is 0.387 e. The summed E-state index contributed by atoms with van der Waals surface area (Å²) in [6.07, 6.45) is 4.64. The number of hydrogen-bond acceptors (Lipinski definition) is 4. The number of benzene rings is 1. The molecule has 1 aromatic carbocycles. The minimum absolute atomic E-state index is 0.232. The highest BCUT2D eigenvalue weighted by molar-refractivity contribution is 5.78. The molecule has 2 aromatic rings. The van der Waals surface area contributed by atoms with Gasteiger partial charge in [-0.1, -0.05) is 12.5 Å². The van der Waals surface area contributed by atoms with Gasteiger partial charge >= 0.3 is 0 Å². The van der Waals surface area contributed by atoms with Crippen LogP contribution in [0.3, 0.4) is 0 Å². The molecule has 1 aromatic heterocycles. The van der Waals surface area contributed by atoms with E-state index in [-0.39, 0.29) is 5.82 Å². The van der Waals surface area contributed by atoms with Gasteiger partial charge in [0.2, 0.25) is 0 Å². The molecule has 0 radical (unpaired) electrons. The summed E-state index contributed by atoms with van der Waals surface area (Å²) in [5, 5.41) is 11.8. The van der Waals surface area contributed by atoms with Crippen LogP contribution in [-0.2, 0) is 6.54 Å². The number of β-amino-alcohol motifs (C(OH)–C–C–N with tert-alkyl or cyclic N) is 1. The summed E-state index contributed by atoms with van der Waals surface area (Å²) >= 11 is 0. The molecule has 0 unspecified atom stereocenters. The molecule has 25 heavy (non-hydrogen) atoms. The maximum absolute atomic E-state index is 13.3. The topological polar surface area (TPSA) is 39.6 Å². The lowest BCUT2D eigenvalue weighted by Gasteiger charge is -2.33. The van der Waals surface area contributed by atoms with Crippen LogP contribution in [0.2, 0.25) is 0 Å². The Morgan fingerprint density at radius 1 is 1.04 bits per heavy atom. The fourth-order valence-electron chi connectivity index (χ4n) is 4.19. The van der Waals surface area contributed by atoms with Crippen LogP contribution in [0, 0.1) is 5.82 Å². The number of halogens is 1. The minimum Gasteiger partial charge on any atom is -0.387 e. The van der Waals surface area contributed by atoms with Crippen LogP contribution >= 0.6 is 0 Å². The Balaban J connectivity index is 1.39. The molecule has 0 spiro atoms. The molecule has 2 aliphatic rings. The van der Waals surface area contributed by atoms with Crippen LogP contribution in [0.15, 0.2) is 30.3 Å². The van der Waals surface area contributed by atoms with Crippen molar-refractivity contribution in [1.82, 2.24) is 14.8 Å². The summed E-state index contributed by atoms with van der Waals surface area (Å²) in [5.74, 6) is -0.232. The maximum atomic E-state index is 13.3. The minimum atomic E-state index is -0.600. The Labute approximate surface area is 148 Å². The predicted molar refractivity (Wildman–Crippen MR) is 96.8 cm³/mol. The summed E-state index contributed by atoms with van der Waals surface area (Å²) in [5.41, 5.74) is 1.19. The van der Waals surface area contributed by atoms with Gasteiger partial charge in [-0.05, 0) is 56.6 Å². The second-order valence-corrected chi connectivity index (χ2v) is 7.66. The number of nitrogens with zero attached hydrogens (tertiary/aromatic N) is 3. The summed E-state index contributed by atoms with van der Waals surface area (Å²) in [6.45, 7) is 5.35. The van der Waals surface area contributed by atoms with Crippen molar-refractivity contribution < 1.29 is 9.50 Å². The molecule has 0 saturated carbocycles. The number of hydrogen-bond donors (Lipinski definition) is 1. The molecule has 1 atom stereocenters. The molecular weight excluding hydrogens is 317 g/mol. The van der Waals surface area contributed by atoms with E-state index in [1.807, 2.05) is 12.1 Å². The van der Waals surface area contributed by atoms with Crippen LogP contribution in [0.25, 0.3) is 10.9 Å². The molecule has 0 amide bonds. The fraction of sp³-hybridized carbons (Fsp3) is 0.550. The predicted octanol–water partition coefficient (Wildman–Crippen LogP) is 2.80. The number of aromatic nitrogens is 1. The van der Waals surface area contributed by atoms with Gasteiger partial charge in [-0.25, -0.2) is 4.39 Å². The third kappa shape index (κ3) is 4.00. The van der Waals surface area contributed by atoms with Crippen molar-refractivity contribution in [2.75, 3.05) is 32.7 Å². The third-order valence-corrected chi connectivity index (χ3v) is 5.47. The van der Waals surface area contributed by atoms with Gasteiger partial charge in [-0.15, -0.1) is 0 Å². The highest BCUT2D eigenvalue weighted by atomic mass is 19.1. The van der Waals surface area contributed by atoms with Crippen molar-refractivity contribution in [3.63, 3.8) is 0 Å². The molecule has 0 bridgehead atoms. The summed E-state index contributed by atoms with van der Waals surface area (Å²) in [6, 6.07) is 8.58. The highest BCUT2D eigenvalue weighted by Crippen LogP contribution is 2.25. The van der Waals surface area contributed by atoms with Gasteiger partial charge in [0.15, 0.2) is 0 Å². The van der Waals surface area contributed by atoms with Crippen molar-refractivity contribution in [1.29, 1.82) is 0 Å². The zero-order valence-corrected chi connectivity index (χ0v) is 14.6. The molecule has 1 N–H and O–H groups in total. The molecule has 5 heteroatoms. The Morgan fingerprint density at radius 3 is 2.72 bits per heavy atom. The van der Waals surface area contributed by atoms with Crippen molar-refractivity contribution in [3.8, 4) is 0 Å². The zero-order valence-electron chi connectivity index (χ0n) is 14.6. The molecule has 3 heterocycles. The number of likely N-dealkylation sites (tertiary alicyclic amines) is 2. The second kappa shape index (κ2) is 6.98. The number of piperidine rings is 1. The first-order valence-electron chi connectivity index (χ1n) is 9.32. The quantitative estimate of drug-likeness (QED) is 0.927. The standard InChI is InChI=1S/C20H26FN3O/c21-17-5-7-19-16(12-17)4-6-18(22-19)13-24-11-8-20(25,15-24)14-23-9-2-1-3-10-23/h4-7,12,25H,1-3,8-11,13-15H2/t20-/m0/s1. The molecule has 2 aliphatic heterocycles. The first kappa shape index (κ1) is 16.9. The molecule has 4 nitrogen and oxygen atoms in total. The summed E-state index contributed by atoms with van der Waals surface area (Å²) < 4.78 is 13.3. The van der Waals surface area contributed by atoms with Crippen molar-refractivity contribution in [3.05, 3.63) is 41.8 Å². The fourth-order valence-corrected chi connectivity index (χ4v) is 4.19. The summed E-state index contributed by atoms with van der Waals surface area (Å²) in [4.78, 5) is 9.33.